The van der Waals surface area contributed by atoms with Crippen molar-refractivity contribution in [1.82, 2.24) is 5.32 Å². The van der Waals surface area contributed by atoms with Crippen LogP contribution in [0, 0.1) is 0 Å². The summed E-state index contributed by atoms with van der Waals surface area (Å²) >= 11 is 0. The van der Waals surface area contributed by atoms with Gasteiger partial charge < -0.3 is 15.8 Å². The summed E-state index contributed by atoms with van der Waals surface area (Å²) in [5.74, 6) is 0.639. The lowest BCUT2D eigenvalue weighted by Crippen LogP contribution is -2.29. The summed E-state index contributed by atoms with van der Waals surface area (Å²) in [6, 6.07) is 7.97. The minimum Gasteiger partial charge on any atom is -0.484 e. The van der Waals surface area contributed by atoms with Crippen LogP contribution in [-0.4, -0.2) is 25.1 Å². The van der Waals surface area contributed by atoms with Gasteiger partial charge in [-0.25, -0.2) is 0 Å². The molecule has 3 N–H and O–H groups in total. The zero-order valence-electron chi connectivity index (χ0n) is 12.5. The van der Waals surface area contributed by atoms with E-state index < -0.39 is 0 Å². The molecule has 1 amide bonds. The molecule has 20 heavy (non-hydrogen) atoms. The molecule has 0 spiro atoms. The van der Waals surface area contributed by atoms with Crippen molar-refractivity contribution >= 4 is 5.91 Å². The Morgan fingerprint density at radius 1 is 1.30 bits per heavy atom. The second kappa shape index (κ2) is 9.37. The Kier molecular flexibility index (Phi) is 7.73. The molecule has 0 radical (unpaired) electrons. The molecule has 1 unspecified atom stereocenters. The highest BCUT2D eigenvalue weighted by Crippen LogP contribution is 2.13. The standard InChI is InChI=1S/C16H26N2O2/c1-3-5-10-18-16(19)12-20-15-8-6-13(7-9-15)11-14(17)4-2/h6-9,14H,3-5,10-12,17H2,1-2H3,(H,18,19). The lowest BCUT2D eigenvalue weighted by molar-refractivity contribution is -0.123. The molecule has 0 fully saturated rings. The number of rotatable bonds is 9. The molecular weight excluding hydrogens is 252 g/mol. The monoisotopic (exact) mass is 278 g/mol. The number of ether oxygens (including phenoxy) is 1. The number of carbonyl (C=O) groups is 1. The first-order valence-corrected chi connectivity index (χ1v) is 7.39. The topological polar surface area (TPSA) is 64.3 Å². The third-order valence-electron chi connectivity index (χ3n) is 3.17. The van der Waals surface area contributed by atoms with Crippen LogP contribution in [-0.2, 0) is 11.2 Å². The number of benzene rings is 1. The van der Waals surface area contributed by atoms with Crippen LogP contribution in [0.3, 0.4) is 0 Å². The molecule has 112 valence electrons. The highest BCUT2D eigenvalue weighted by atomic mass is 16.5. The van der Waals surface area contributed by atoms with Crippen molar-refractivity contribution < 1.29 is 9.53 Å². The van der Waals surface area contributed by atoms with Crippen molar-refractivity contribution in [1.29, 1.82) is 0 Å². The van der Waals surface area contributed by atoms with Gasteiger partial charge in [-0.05, 0) is 37.0 Å². The zero-order chi connectivity index (χ0) is 14.8. The van der Waals surface area contributed by atoms with Crippen LogP contribution in [0.5, 0.6) is 5.75 Å². The molecule has 0 aromatic heterocycles. The molecule has 4 nitrogen and oxygen atoms in total. The van der Waals surface area contributed by atoms with E-state index in [1.807, 2.05) is 24.3 Å². The molecule has 0 saturated heterocycles. The SMILES string of the molecule is CCCCNC(=O)COc1ccc(CC(N)CC)cc1. The summed E-state index contributed by atoms with van der Waals surface area (Å²) in [6.45, 7) is 4.96. The lowest BCUT2D eigenvalue weighted by atomic mass is 10.0. The van der Waals surface area contributed by atoms with E-state index in [2.05, 4.69) is 19.2 Å². The quantitative estimate of drug-likeness (QED) is 0.681. The van der Waals surface area contributed by atoms with Gasteiger partial charge in [0.25, 0.3) is 5.91 Å². The molecule has 4 heteroatoms. The number of nitrogens with two attached hydrogens (primary N) is 1. The largest absolute Gasteiger partial charge is 0.484 e. The normalized spacial score (nSPS) is 11.9. The summed E-state index contributed by atoms with van der Waals surface area (Å²) in [4.78, 5) is 11.5. The number of hydrogen-bond donors (Lipinski definition) is 2. The Labute approximate surface area is 121 Å². The Morgan fingerprint density at radius 2 is 2.00 bits per heavy atom. The highest BCUT2D eigenvalue weighted by Gasteiger charge is 2.04. The third kappa shape index (κ3) is 6.57. The Hall–Kier alpha value is -1.55. The average Bonchev–Trinajstić information content (AvgIpc) is 2.46. The molecule has 0 saturated carbocycles. The fraction of sp³-hybridized carbons (Fsp3) is 0.562. The van der Waals surface area contributed by atoms with Crippen LogP contribution in [0.15, 0.2) is 24.3 Å². The summed E-state index contributed by atoms with van der Waals surface area (Å²) in [5.41, 5.74) is 7.11. The maximum Gasteiger partial charge on any atom is 0.257 e. The Balaban J connectivity index is 2.32. The van der Waals surface area contributed by atoms with E-state index >= 15 is 0 Å². The van der Waals surface area contributed by atoms with Gasteiger partial charge in [0.1, 0.15) is 5.75 Å². The number of hydrogen-bond acceptors (Lipinski definition) is 3. The molecule has 0 aliphatic carbocycles. The van der Waals surface area contributed by atoms with Crippen molar-refractivity contribution in [2.24, 2.45) is 5.73 Å². The van der Waals surface area contributed by atoms with E-state index in [0.717, 1.165) is 25.7 Å². The molecule has 0 bridgehead atoms. The van der Waals surface area contributed by atoms with Gasteiger partial charge in [-0.1, -0.05) is 32.4 Å². The maximum atomic E-state index is 11.5. The molecular formula is C16H26N2O2. The van der Waals surface area contributed by atoms with Gasteiger partial charge in [0, 0.05) is 12.6 Å². The van der Waals surface area contributed by atoms with Crippen LogP contribution in [0.2, 0.25) is 0 Å². The Bertz CT molecular complexity index is 390. The molecule has 1 aromatic rings. The predicted molar refractivity (Wildman–Crippen MR) is 81.8 cm³/mol. The summed E-state index contributed by atoms with van der Waals surface area (Å²) in [6.07, 6.45) is 3.91. The minimum atomic E-state index is -0.0736. The highest BCUT2D eigenvalue weighted by molar-refractivity contribution is 5.77. The second-order valence-electron chi connectivity index (χ2n) is 5.01. The summed E-state index contributed by atoms with van der Waals surface area (Å²) in [7, 11) is 0. The number of carbonyl (C=O) groups excluding carboxylic acids is 1. The van der Waals surface area contributed by atoms with Gasteiger partial charge in [-0.2, -0.15) is 0 Å². The smallest absolute Gasteiger partial charge is 0.257 e. The van der Waals surface area contributed by atoms with Crippen LogP contribution in [0.1, 0.15) is 38.7 Å². The molecule has 1 aromatic carbocycles. The van der Waals surface area contributed by atoms with E-state index in [1.54, 1.807) is 0 Å². The second-order valence-corrected chi connectivity index (χ2v) is 5.01. The number of nitrogens with one attached hydrogen (secondary N) is 1. The van der Waals surface area contributed by atoms with E-state index in [4.69, 9.17) is 10.5 Å². The van der Waals surface area contributed by atoms with E-state index in [9.17, 15) is 4.79 Å². The van der Waals surface area contributed by atoms with Crippen molar-refractivity contribution in [2.75, 3.05) is 13.2 Å². The molecule has 0 aliphatic heterocycles. The summed E-state index contributed by atoms with van der Waals surface area (Å²) < 4.78 is 5.44. The van der Waals surface area contributed by atoms with Gasteiger partial charge >= 0.3 is 0 Å². The first-order valence-electron chi connectivity index (χ1n) is 7.39. The third-order valence-corrected chi connectivity index (χ3v) is 3.17. The average molecular weight is 278 g/mol. The van der Waals surface area contributed by atoms with Crippen LogP contribution in [0.25, 0.3) is 0 Å². The van der Waals surface area contributed by atoms with Crippen LogP contribution >= 0.6 is 0 Å². The van der Waals surface area contributed by atoms with Gasteiger partial charge in [0.15, 0.2) is 6.61 Å². The van der Waals surface area contributed by atoms with Gasteiger partial charge in [0.2, 0.25) is 0 Å². The fourth-order valence-corrected chi connectivity index (χ4v) is 1.77. The molecule has 1 rings (SSSR count). The maximum absolute atomic E-state index is 11.5. The van der Waals surface area contributed by atoms with E-state index in [1.165, 1.54) is 5.56 Å². The van der Waals surface area contributed by atoms with Gasteiger partial charge in [0.05, 0.1) is 0 Å². The number of amides is 1. The molecule has 0 aliphatic rings. The fourth-order valence-electron chi connectivity index (χ4n) is 1.77. The number of unbranched alkanes of at least 4 members (excludes halogenated alkanes) is 1. The van der Waals surface area contributed by atoms with Crippen molar-refractivity contribution in [3.05, 3.63) is 29.8 Å². The van der Waals surface area contributed by atoms with Crippen molar-refractivity contribution in [3.8, 4) is 5.75 Å². The summed E-state index contributed by atoms with van der Waals surface area (Å²) in [5, 5.41) is 2.82. The van der Waals surface area contributed by atoms with Crippen LogP contribution in [0.4, 0.5) is 0 Å². The molecule has 0 heterocycles. The van der Waals surface area contributed by atoms with Gasteiger partial charge in [-0.15, -0.1) is 0 Å². The minimum absolute atomic E-state index is 0.0670. The van der Waals surface area contributed by atoms with Crippen molar-refractivity contribution in [3.63, 3.8) is 0 Å². The molecule has 1 atom stereocenters. The van der Waals surface area contributed by atoms with E-state index in [0.29, 0.717) is 12.3 Å². The first-order chi connectivity index (χ1) is 9.65. The zero-order valence-corrected chi connectivity index (χ0v) is 12.5. The van der Waals surface area contributed by atoms with E-state index in [-0.39, 0.29) is 18.6 Å². The first kappa shape index (κ1) is 16.5. The predicted octanol–water partition coefficient (Wildman–Crippen LogP) is 2.26. The van der Waals surface area contributed by atoms with Gasteiger partial charge in [-0.3, -0.25) is 4.79 Å². The van der Waals surface area contributed by atoms with Crippen molar-refractivity contribution in [2.45, 2.75) is 45.6 Å². The van der Waals surface area contributed by atoms with Crippen LogP contribution < -0.4 is 15.8 Å². The lowest BCUT2D eigenvalue weighted by Gasteiger charge is -2.10. The Morgan fingerprint density at radius 3 is 2.60 bits per heavy atom.